The standard InChI is InChI=1S/C17H24N2O4/c1-10-6-12-13(7-17(2,3)8-14(12)23-10)18-16(22)19-5-4-11(9-19)15(20)21/h6,11,13H,4-5,7-9H2,1-3H3,(H,18,22)(H,20,21). The summed E-state index contributed by atoms with van der Waals surface area (Å²) in [6.07, 6.45) is 2.24. The van der Waals surface area contributed by atoms with Gasteiger partial charge in [0.2, 0.25) is 0 Å². The summed E-state index contributed by atoms with van der Waals surface area (Å²) in [5, 5.41) is 12.1. The number of carbonyl (C=O) groups is 2. The molecular weight excluding hydrogens is 296 g/mol. The molecule has 1 aliphatic heterocycles. The maximum atomic E-state index is 12.5. The Bertz CT molecular complexity index is 635. The SMILES string of the molecule is Cc1cc2c(o1)CC(C)(C)CC2NC(=O)N1CCC(C(=O)O)C1. The van der Waals surface area contributed by atoms with Crippen LogP contribution in [0.25, 0.3) is 0 Å². The number of rotatable bonds is 2. The lowest BCUT2D eigenvalue weighted by Crippen LogP contribution is -2.43. The third kappa shape index (κ3) is 3.21. The average Bonchev–Trinajstić information content (AvgIpc) is 3.03. The molecule has 2 aliphatic rings. The number of fused-ring (bicyclic) bond motifs is 1. The van der Waals surface area contributed by atoms with Gasteiger partial charge in [-0.15, -0.1) is 0 Å². The van der Waals surface area contributed by atoms with Gasteiger partial charge in [0.15, 0.2) is 0 Å². The van der Waals surface area contributed by atoms with Crippen LogP contribution in [0, 0.1) is 18.3 Å². The first-order valence-corrected chi connectivity index (χ1v) is 8.12. The lowest BCUT2D eigenvalue weighted by Gasteiger charge is -2.35. The molecule has 3 rings (SSSR count). The highest BCUT2D eigenvalue weighted by Gasteiger charge is 2.37. The number of carboxylic acids is 1. The van der Waals surface area contributed by atoms with Crippen molar-refractivity contribution in [3.05, 3.63) is 23.2 Å². The van der Waals surface area contributed by atoms with Gasteiger partial charge in [-0.3, -0.25) is 4.79 Å². The summed E-state index contributed by atoms with van der Waals surface area (Å²) in [6, 6.07) is 1.74. The molecule has 2 amide bonds. The van der Waals surface area contributed by atoms with Gasteiger partial charge in [-0.1, -0.05) is 13.8 Å². The number of amides is 2. The van der Waals surface area contributed by atoms with Gasteiger partial charge in [0.25, 0.3) is 0 Å². The van der Waals surface area contributed by atoms with Crippen LogP contribution in [-0.4, -0.2) is 35.1 Å². The fourth-order valence-electron chi connectivity index (χ4n) is 3.70. The van der Waals surface area contributed by atoms with E-state index in [1.807, 2.05) is 13.0 Å². The maximum Gasteiger partial charge on any atom is 0.317 e. The molecule has 1 saturated heterocycles. The highest BCUT2D eigenvalue weighted by Crippen LogP contribution is 2.42. The number of furan rings is 1. The van der Waals surface area contributed by atoms with Gasteiger partial charge in [0.05, 0.1) is 12.0 Å². The van der Waals surface area contributed by atoms with Crippen molar-refractivity contribution in [1.29, 1.82) is 0 Å². The Morgan fingerprint density at radius 1 is 1.43 bits per heavy atom. The summed E-state index contributed by atoms with van der Waals surface area (Å²) in [5.41, 5.74) is 1.12. The van der Waals surface area contributed by atoms with Gasteiger partial charge >= 0.3 is 12.0 Å². The maximum absolute atomic E-state index is 12.5. The number of hydrogen-bond donors (Lipinski definition) is 2. The molecule has 6 nitrogen and oxygen atoms in total. The highest BCUT2D eigenvalue weighted by atomic mass is 16.4. The van der Waals surface area contributed by atoms with Crippen molar-refractivity contribution in [3.8, 4) is 0 Å². The van der Waals surface area contributed by atoms with Gasteiger partial charge in [0.1, 0.15) is 11.5 Å². The Labute approximate surface area is 135 Å². The number of likely N-dealkylation sites (tertiary alicyclic amines) is 1. The predicted molar refractivity (Wildman–Crippen MR) is 84.1 cm³/mol. The Kier molecular flexibility index (Phi) is 3.86. The summed E-state index contributed by atoms with van der Waals surface area (Å²) in [4.78, 5) is 25.1. The number of aryl methyl sites for hydroxylation is 1. The van der Waals surface area contributed by atoms with E-state index in [1.54, 1.807) is 4.90 Å². The van der Waals surface area contributed by atoms with Crippen LogP contribution in [0.3, 0.4) is 0 Å². The van der Waals surface area contributed by atoms with Crippen molar-refractivity contribution >= 4 is 12.0 Å². The number of urea groups is 1. The predicted octanol–water partition coefficient (Wildman–Crippen LogP) is 2.72. The van der Waals surface area contributed by atoms with E-state index >= 15 is 0 Å². The zero-order valence-corrected chi connectivity index (χ0v) is 13.9. The largest absolute Gasteiger partial charge is 0.481 e. The van der Waals surface area contributed by atoms with Crippen molar-refractivity contribution in [2.24, 2.45) is 11.3 Å². The van der Waals surface area contributed by atoms with E-state index in [2.05, 4.69) is 19.2 Å². The number of carboxylic acid groups (broad SMARTS) is 1. The Morgan fingerprint density at radius 2 is 2.17 bits per heavy atom. The molecule has 0 bridgehead atoms. The first kappa shape index (κ1) is 15.9. The van der Waals surface area contributed by atoms with Crippen LogP contribution in [0.15, 0.2) is 10.5 Å². The molecule has 0 spiro atoms. The van der Waals surface area contributed by atoms with E-state index in [-0.39, 0.29) is 24.0 Å². The molecule has 2 atom stereocenters. The molecule has 2 N–H and O–H groups in total. The van der Waals surface area contributed by atoms with E-state index in [0.29, 0.717) is 13.0 Å². The zero-order chi connectivity index (χ0) is 16.8. The van der Waals surface area contributed by atoms with Crippen LogP contribution < -0.4 is 5.32 Å². The molecule has 2 unspecified atom stereocenters. The fourth-order valence-corrected chi connectivity index (χ4v) is 3.70. The zero-order valence-electron chi connectivity index (χ0n) is 13.9. The highest BCUT2D eigenvalue weighted by molar-refractivity contribution is 5.77. The molecular formula is C17H24N2O4. The summed E-state index contributed by atoms with van der Waals surface area (Å²) in [7, 11) is 0. The van der Waals surface area contributed by atoms with Crippen molar-refractivity contribution in [3.63, 3.8) is 0 Å². The molecule has 23 heavy (non-hydrogen) atoms. The molecule has 0 aromatic carbocycles. The van der Waals surface area contributed by atoms with Gasteiger partial charge < -0.3 is 19.7 Å². The van der Waals surface area contributed by atoms with E-state index in [0.717, 1.165) is 29.9 Å². The number of nitrogens with one attached hydrogen (secondary N) is 1. The molecule has 2 heterocycles. The molecule has 1 aliphatic carbocycles. The van der Waals surface area contributed by atoms with E-state index < -0.39 is 11.9 Å². The van der Waals surface area contributed by atoms with Crippen LogP contribution in [-0.2, 0) is 11.2 Å². The van der Waals surface area contributed by atoms with Crippen molar-refractivity contribution in [1.82, 2.24) is 10.2 Å². The monoisotopic (exact) mass is 320 g/mol. The van der Waals surface area contributed by atoms with E-state index in [4.69, 9.17) is 9.52 Å². The van der Waals surface area contributed by atoms with Crippen molar-refractivity contribution in [2.45, 2.75) is 46.1 Å². The minimum atomic E-state index is -0.827. The number of nitrogens with zero attached hydrogens (tertiary/aromatic N) is 1. The fraction of sp³-hybridized carbons (Fsp3) is 0.647. The normalized spacial score (nSPS) is 26.0. The number of hydrogen-bond acceptors (Lipinski definition) is 3. The van der Waals surface area contributed by atoms with Crippen LogP contribution in [0.5, 0.6) is 0 Å². The van der Waals surface area contributed by atoms with Crippen molar-refractivity contribution < 1.29 is 19.1 Å². The molecule has 1 fully saturated rings. The molecule has 0 radical (unpaired) electrons. The van der Waals surface area contributed by atoms with Crippen LogP contribution >= 0.6 is 0 Å². The number of carbonyl (C=O) groups excluding carboxylic acids is 1. The molecule has 6 heteroatoms. The summed E-state index contributed by atoms with van der Waals surface area (Å²) >= 11 is 0. The Balaban J connectivity index is 1.72. The number of aliphatic carboxylic acids is 1. The van der Waals surface area contributed by atoms with E-state index in [9.17, 15) is 9.59 Å². The molecule has 126 valence electrons. The minimum absolute atomic E-state index is 0.0594. The minimum Gasteiger partial charge on any atom is -0.481 e. The first-order chi connectivity index (χ1) is 10.7. The lowest BCUT2D eigenvalue weighted by atomic mass is 9.75. The van der Waals surface area contributed by atoms with E-state index in [1.165, 1.54) is 0 Å². The van der Waals surface area contributed by atoms with Crippen LogP contribution in [0.4, 0.5) is 4.79 Å². The summed E-state index contributed by atoms with van der Waals surface area (Å²) < 4.78 is 5.78. The Morgan fingerprint density at radius 3 is 2.83 bits per heavy atom. The van der Waals surface area contributed by atoms with Crippen LogP contribution in [0.1, 0.15) is 49.8 Å². The first-order valence-electron chi connectivity index (χ1n) is 8.12. The third-order valence-corrected chi connectivity index (χ3v) is 4.86. The second-order valence-corrected chi connectivity index (χ2v) is 7.55. The van der Waals surface area contributed by atoms with Gasteiger partial charge in [0, 0.05) is 25.1 Å². The second-order valence-electron chi connectivity index (χ2n) is 7.55. The Hall–Kier alpha value is -1.98. The average molecular weight is 320 g/mol. The quantitative estimate of drug-likeness (QED) is 0.877. The van der Waals surface area contributed by atoms with Gasteiger partial charge in [-0.2, -0.15) is 0 Å². The third-order valence-electron chi connectivity index (χ3n) is 4.86. The molecule has 1 aromatic heterocycles. The van der Waals surface area contributed by atoms with Crippen LogP contribution in [0.2, 0.25) is 0 Å². The topological polar surface area (TPSA) is 82.8 Å². The van der Waals surface area contributed by atoms with Gasteiger partial charge in [-0.25, -0.2) is 4.79 Å². The lowest BCUT2D eigenvalue weighted by molar-refractivity contribution is -0.141. The summed E-state index contributed by atoms with van der Waals surface area (Å²) in [5.74, 6) is 0.537. The second kappa shape index (κ2) is 5.58. The smallest absolute Gasteiger partial charge is 0.317 e. The summed E-state index contributed by atoms with van der Waals surface area (Å²) in [6.45, 7) is 7.04. The molecule has 1 aromatic rings. The van der Waals surface area contributed by atoms with Crippen molar-refractivity contribution in [2.75, 3.05) is 13.1 Å². The van der Waals surface area contributed by atoms with Gasteiger partial charge in [-0.05, 0) is 31.2 Å². The molecule has 0 saturated carbocycles.